The zero-order valence-electron chi connectivity index (χ0n) is 18.2. The van der Waals surface area contributed by atoms with Gasteiger partial charge < -0.3 is 25.8 Å². The molecule has 3 rings (SSSR count). The molecule has 0 spiro atoms. The summed E-state index contributed by atoms with van der Waals surface area (Å²) in [7, 11) is 0. The summed E-state index contributed by atoms with van der Waals surface area (Å²) in [5.74, 6) is -0.852. The van der Waals surface area contributed by atoms with Crippen LogP contribution in [0.5, 0.6) is 0 Å². The number of carboxylic acids is 1. The highest BCUT2D eigenvalue weighted by molar-refractivity contribution is 5.94. The second-order valence-electron chi connectivity index (χ2n) is 7.54. The number of hydrogen-bond acceptors (Lipinski definition) is 7. The summed E-state index contributed by atoms with van der Waals surface area (Å²) in [5, 5.41) is 21.5. The molecule has 2 amide bonds. The van der Waals surface area contributed by atoms with Crippen LogP contribution in [0.2, 0.25) is 0 Å². The van der Waals surface area contributed by atoms with Crippen molar-refractivity contribution in [1.29, 1.82) is 0 Å². The minimum absolute atomic E-state index is 0.0880. The SMILES string of the molecule is C=CCCOC(=O)N[C@@H](CNC(=O)c1cnn(CCc2ccc3c(n2)NCCC3)c1)C(=O)O. The molecule has 0 unspecified atom stereocenters. The Labute approximate surface area is 191 Å². The number of nitrogens with one attached hydrogen (secondary N) is 3. The average Bonchev–Trinajstić information content (AvgIpc) is 3.29. The highest BCUT2D eigenvalue weighted by atomic mass is 16.5. The molecule has 4 N–H and O–H groups in total. The van der Waals surface area contributed by atoms with Gasteiger partial charge in [-0.1, -0.05) is 12.1 Å². The summed E-state index contributed by atoms with van der Waals surface area (Å²) < 4.78 is 6.46. The second-order valence-corrected chi connectivity index (χ2v) is 7.54. The Morgan fingerprint density at radius 2 is 2.21 bits per heavy atom. The number of aryl methyl sites for hydroxylation is 3. The quantitative estimate of drug-likeness (QED) is 0.293. The molecule has 11 heteroatoms. The monoisotopic (exact) mass is 456 g/mol. The normalized spacial score (nSPS) is 13.2. The number of aliphatic carboxylic acids is 1. The first-order chi connectivity index (χ1) is 16.0. The molecule has 3 heterocycles. The average molecular weight is 457 g/mol. The summed E-state index contributed by atoms with van der Waals surface area (Å²) >= 11 is 0. The number of aromatic nitrogens is 3. The van der Waals surface area contributed by atoms with E-state index in [-0.39, 0.29) is 18.7 Å². The third-order valence-electron chi connectivity index (χ3n) is 5.06. The van der Waals surface area contributed by atoms with Crippen LogP contribution in [0.25, 0.3) is 0 Å². The number of ether oxygens (including phenoxy) is 1. The lowest BCUT2D eigenvalue weighted by Gasteiger charge is -2.17. The van der Waals surface area contributed by atoms with Gasteiger partial charge in [0.15, 0.2) is 0 Å². The molecule has 2 aromatic heterocycles. The van der Waals surface area contributed by atoms with Gasteiger partial charge in [-0.3, -0.25) is 9.48 Å². The molecular weight excluding hydrogens is 428 g/mol. The summed E-state index contributed by atoms with van der Waals surface area (Å²) in [5.41, 5.74) is 2.44. The number of carbonyl (C=O) groups is 3. The molecule has 1 atom stereocenters. The van der Waals surface area contributed by atoms with Gasteiger partial charge in [-0.2, -0.15) is 5.10 Å². The highest BCUT2D eigenvalue weighted by Gasteiger charge is 2.22. The van der Waals surface area contributed by atoms with Crippen molar-refractivity contribution in [3.63, 3.8) is 0 Å². The number of amides is 2. The number of fused-ring (bicyclic) bond motifs is 1. The van der Waals surface area contributed by atoms with E-state index < -0.39 is 24.0 Å². The number of rotatable bonds is 11. The fraction of sp³-hybridized carbons (Fsp3) is 0.409. The van der Waals surface area contributed by atoms with Crippen molar-refractivity contribution in [2.75, 3.05) is 25.0 Å². The lowest BCUT2D eigenvalue weighted by Crippen LogP contribution is -2.48. The summed E-state index contributed by atoms with van der Waals surface area (Å²) in [6.45, 7) is 4.75. The number of carboxylic acid groups (broad SMARTS) is 1. The number of carbonyl (C=O) groups excluding carboxylic acids is 2. The predicted molar refractivity (Wildman–Crippen MR) is 120 cm³/mol. The number of pyridine rings is 1. The maximum Gasteiger partial charge on any atom is 0.407 e. The molecule has 0 aromatic carbocycles. The van der Waals surface area contributed by atoms with Crippen LogP contribution in [0.3, 0.4) is 0 Å². The van der Waals surface area contributed by atoms with E-state index in [2.05, 4.69) is 38.7 Å². The van der Waals surface area contributed by atoms with E-state index >= 15 is 0 Å². The molecule has 0 radical (unpaired) electrons. The lowest BCUT2D eigenvalue weighted by molar-refractivity contribution is -0.139. The second kappa shape index (κ2) is 11.7. The fourth-order valence-electron chi connectivity index (χ4n) is 3.26. The Hall–Kier alpha value is -3.89. The largest absolute Gasteiger partial charge is 0.480 e. The minimum atomic E-state index is -1.33. The van der Waals surface area contributed by atoms with Crippen LogP contribution in [0.15, 0.2) is 37.2 Å². The maximum absolute atomic E-state index is 12.4. The van der Waals surface area contributed by atoms with E-state index in [9.17, 15) is 19.5 Å². The van der Waals surface area contributed by atoms with Crippen molar-refractivity contribution < 1.29 is 24.2 Å². The van der Waals surface area contributed by atoms with Crippen LogP contribution < -0.4 is 16.0 Å². The van der Waals surface area contributed by atoms with Gasteiger partial charge in [0.1, 0.15) is 11.9 Å². The first kappa shape index (κ1) is 23.8. The van der Waals surface area contributed by atoms with E-state index in [0.717, 1.165) is 30.9 Å². The molecular formula is C22H28N6O5. The predicted octanol–water partition coefficient (Wildman–Crippen LogP) is 1.36. The van der Waals surface area contributed by atoms with Crippen molar-refractivity contribution >= 4 is 23.8 Å². The minimum Gasteiger partial charge on any atom is -0.480 e. The molecule has 0 aliphatic carbocycles. The number of anilines is 1. The lowest BCUT2D eigenvalue weighted by atomic mass is 10.1. The first-order valence-electron chi connectivity index (χ1n) is 10.8. The Morgan fingerprint density at radius 1 is 1.36 bits per heavy atom. The molecule has 1 aliphatic heterocycles. The van der Waals surface area contributed by atoms with Gasteiger partial charge >= 0.3 is 12.1 Å². The third-order valence-corrected chi connectivity index (χ3v) is 5.06. The van der Waals surface area contributed by atoms with Gasteiger partial charge in [0.05, 0.1) is 18.4 Å². The number of nitrogens with zero attached hydrogens (tertiary/aromatic N) is 3. The highest BCUT2D eigenvalue weighted by Crippen LogP contribution is 2.19. The van der Waals surface area contributed by atoms with Crippen LogP contribution >= 0.6 is 0 Å². The van der Waals surface area contributed by atoms with Gasteiger partial charge in [0.2, 0.25) is 0 Å². The standard InChI is InChI=1S/C22H28N6O5/c1-2-3-11-33-22(32)27-18(21(30)31)13-24-20(29)16-12-25-28(14-16)10-8-17-7-6-15-5-4-9-23-19(15)26-17/h2,6-7,12,14,18H,1,3-5,8-11,13H2,(H,23,26)(H,24,29)(H,27,32)(H,30,31)/t18-/m0/s1. The summed E-state index contributed by atoms with van der Waals surface area (Å²) in [6, 6.07) is 2.77. The molecule has 0 fully saturated rings. The molecule has 33 heavy (non-hydrogen) atoms. The van der Waals surface area contributed by atoms with Crippen molar-refractivity contribution in [1.82, 2.24) is 25.4 Å². The molecule has 2 aromatic rings. The number of alkyl carbamates (subject to hydrolysis) is 1. The van der Waals surface area contributed by atoms with Crippen LogP contribution in [-0.2, 0) is 28.9 Å². The third kappa shape index (κ3) is 7.06. The number of hydrogen-bond donors (Lipinski definition) is 4. The molecule has 176 valence electrons. The van der Waals surface area contributed by atoms with E-state index in [4.69, 9.17) is 4.74 Å². The van der Waals surface area contributed by atoms with Gasteiger partial charge in [-0.05, 0) is 30.9 Å². The van der Waals surface area contributed by atoms with Crippen LogP contribution in [-0.4, -0.2) is 63.6 Å². The van der Waals surface area contributed by atoms with Gasteiger partial charge in [-0.25, -0.2) is 14.6 Å². The molecule has 11 nitrogen and oxygen atoms in total. The topological polar surface area (TPSA) is 147 Å². The van der Waals surface area contributed by atoms with Crippen LogP contribution in [0.4, 0.5) is 10.6 Å². The van der Waals surface area contributed by atoms with Crippen molar-refractivity contribution in [2.24, 2.45) is 0 Å². The van der Waals surface area contributed by atoms with Crippen LogP contribution in [0.1, 0.15) is 34.5 Å². The van der Waals surface area contributed by atoms with Crippen LogP contribution in [0, 0.1) is 0 Å². The molecule has 1 aliphatic rings. The van der Waals surface area contributed by atoms with E-state index in [1.807, 2.05) is 6.07 Å². The molecule has 0 saturated heterocycles. The van der Waals surface area contributed by atoms with Crippen molar-refractivity contribution in [3.8, 4) is 0 Å². The molecule has 0 saturated carbocycles. The maximum atomic E-state index is 12.4. The van der Waals surface area contributed by atoms with Crippen molar-refractivity contribution in [2.45, 2.75) is 38.3 Å². The Morgan fingerprint density at radius 3 is 3.00 bits per heavy atom. The van der Waals surface area contributed by atoms with E-state index in [1.54, 1.807) is 17.0 Å². The van der Waals surface area contributed by atoms with Gasteiger partial charge in [-0.15, -0.1) is 6.58 Å². The zero-order valence-corrected chi connectivity index (χ0v) is 18.2. The van der Waals surface area contributed by atoms with E-state index in [1.165, 1.54) is 11.8 Å². The Bertz CT molecular complexity index is 1000. The first-order valence-corrected chi connectivity index (χ1v) is 10.8. The van der Waals surface area contributed by atoms with E-state index in [0.29, 0.717) is 19.4 Å². The summed E-state index contributed by atoms with van der Waals surface area (Å²) in [4.78, 5) is 40.0. The summed E-state index contributed by atoms with van der Waals surface area (Å²) in [6.07, 6.45) is 6.92. The zero-order chi connectivity index (χ0) is 23.6. The Balaban J connectivity index is 1.48. The smallest absolute Gasteiger partial charge is 0.407 e. The van der Waals surface area contributed by atoms with Gasteiger partial charge in [0.25, 0.3) is 5.91 Å². The van der Waals surface area contributed by atoms with Gasteiger partial charge in [0, 0.05) is 37.9 Å². The van der Waals surface area contributed by atoms with Crippen molar-refractivity contribution in [3.05, 3.63) is 54.0 Å². The molecule has 0 bridgehead atoms. The Kier molecular flexibility index (Phi) is 8.39. The fourth-order valence-corrected chi connectivity index (χ4v) is 3.26.